The van der Waals surface area contributed by atoms with Gasteiger partial charge in [0.25, 0.3) is 10.1 Å². The molecule has 10 heavy (non-hydrogen) atoms. The summed E-state index contributed by atoms with van der Waals surface area (Å²) in [6.07, 6.45) is 0. The average Bonchev–Trinajstić information content (AvgIpc) is 1.14. The van der Waals surface area contributed by atoms with E-state index in [2.05, 4.69) is 12.6 Å². The topological polar surface area (TPSA) is 54.4 Å². The summed E-state index contributed by atoms with van der Waals surface area (Å²) >= 11 is 3.91. The first-order valence-corrected chi connectivity index (χ1v) is 4.44. The fourth-order valence-corrected chi connectivity index (χ4v) is 1.83. The Hall–Kier alpha value is 1.26. The van der Waals surface area contributed by atoms with Crippen LogP contribution in [0.2, 0.25) is 0 Å². The molecule has 58 valence electrons. The van der Waals surface area contributed by atoms with E-state index in [0.717, 1.165) is 0 Å². The second kappa shape index (κ2) is 4.33. The first-order chi connectivity index (χ1) is 3.71. The molecule has 0 heterocycles. The Morgan fingerprint density at radius 2 is 1.90 bits per heavy atom. The summed E-state index contributed by atoms with van der Waals surface area (Å²) in [7, 11) is -3.86. The molecule has 0 fully saturated rings. The van der Waals surface area contributed by atoms with Gasteiger partial charge in [-0.3, -0.25) is 4.55 Å². The van der Waals surface area contributed by atoms with E-state index >= 15 is 0 Å². The van der Waals surface area contributed by atoms with E-state index < -0.39 is 14.9 Å². The fourth-order valence-electron chi connectivity index (χ4n) is 0.446. The number of thiol groups is 1. The normalized spacial score (nSPS) is 12.4. The van der Waals surface area contributed by atoms with Gasteiger partial charge in [0.05, 0.1) is 5.75 Å². The van der Waals surface area contributed by atoms with Crippen molar-refractivity contribution in [2.45, 2.75) is 18.6 Å². The van der Waals surface area contributed by atoms with Gasteiger partial charge in [0.1, 0.15) is 0 Å². The molecule has 0 spiro atoms. The quantitative estimate of drug-likeness (QED) is 0.295. The molecule has 0 bridgehead atoms. The van der Waals surface area contributed by atoms with Gasteiger partial charge in [0.2, 0.25) is 0 Å². The monoisotopic (exact) mass is 194 g/mol. The van der Waals surface area contributed by atoms with Gasteiger partial charge in [-0.2, -0.15) is 21.0 Å². The summed E-state index contributed by atoms with van der Waals surface area (Å²) in [5, 5.41) is 0. The number of hydrogen-bond acceptors (Lipinski definition) is 3. The van der Waals surface area contributed by atoms with Crippen molar-refractivity contribution in [3.63, 3.8) is 0 Å². The van der Waals surface area contributed by atoms with Gasteiger partial charge >= 0.3 is 29.6 Å². The molecule has 0 aromatic carbocycles. The van der Waals surface area contributed by atoms with Crippen LogP contribution in [0.25, 0.3) is 0 Å². The van der Waals surface area contributed by atoms with Crippen molar-refractivity contribution >= 4 is 22.7 Å². The molecule has 0 aromatic heterocycles. The average molecular weight is 194 g/mol. The molecular formula is C4H11NaO3S2. The number of hydrogen-bond donors (Lipinski definition) is 2. The van der Waals surface area contributed by atoms with Crippen molar-refractivity contribution in [3.05, 3.63) is 0 Å². The van der Waals surface area contributed by atoms with E-state index in [1.165, 1.54) is 0 Å². The van der Waals surface area contributed by atoms with E-state index in [9.17, 15) is 8.42 Å². The summed E-state index contributed by atoms with van der Waals surface area (Å²) in [4.78, 5) is 0. The van der Waals surface area contributed by atoms with Crippen LogP contribution in [0.4, 0.5) is 0 Å². The van der Waals surface area contributed by atoms with E-state index in [-0.39, 0.29) is 36.7 Å². The Morgan fingerprint density at radius 1 is 1.60 bits per heavy atom. The molecule has 0 aliphatic heterocycles. The molecule has 0 amide bonds. The third-order valence-electron chi connectivity index (χ3n) is 0.536. The van der Waals surface area contributed by atoms with Crippen LogP contribution in [0.15, 0.2) is 0 Å². The van der Waals surface area contributed by atoms with Crippen LogP contribution in [0.5, 0.6) is 0 Å². The largest absolute Gasteiger partial charge is 1.00 e. The second-order valence-electron chi connectivity index (χ2n) is 2.54. The summed E-state index contributed by atoms with van der Waals surface area (Å²) in [5.74, 6) is -0.316. The van der Waals surface area contributed by atoms with E-state index in [1.807, 2.05) is 0 Å². The van der Waals surface area contributed by atoms with Crippen molar-refractivity contribution < 1.29 is 44.0 Å². The van der Waals surface area contributed by atoms with Crippen LogP contribution in [0, 0.1) is 0 Å². The molecule has 0 unspecified atom stereocenters. The minimum atomic E-state index is -3.86. The Morgan fingerprint density at radius 3 is 1.90 bits per heavy atom. The minimum Gasteiger partial charge on any atom is -1.00 e. The van der Waals surface area contributed by atoms with Gasteiger partial charge < -0.3 is 1.43 Å². The second-order valence-corrected chi connectivity index (χ2v) is 5.20. The molecule has 0 saturated heterocycles. The Bertz CT molecular complexity index is 184. The third-order valence-corrected chi connectivity index (χ3v) is 1.99. The van der Waals surface area contributed by atoms with Crippen molar-refractivity contribution in [3.8, 4) is 0 Å². The molecule has 0 aliphatic carbocycles. The maximum Gasteiger partial charge on any atom is 1.00 e. The van der Waals surface area contributed by atoms with E-state index in [0.29, 0.717) is 0 Å². The number of rotatable bonds is 2. The fraction of sp³-hybridized carbons (Fsp3) is 1.00. The third kappa shape index (κ3) is 12.0. The molecule has 0 aliphatic rings. The van der Waals surface area contributed by atoms with E-state index in [4.69, 9.17) is 4.55 Å². The van der Waals surface area contributed by atoms with Crippen LogP contribution in [-0.4, -0.2) is 23.5 Å². The van der Waals surface area contributed by atoms with Crippen LogP contribution in [0.1, 0.15) is 15.3 Å². The Labute approximate surface area is 90.5 Å². The maximum atomic E-state index is 10.2. The standard InChI is InChI=1S/C4H10O3S2.Na.H/c1-4(2,8)3-9(5,6)7;;/h8H,3H2,1-2H3,(H,5,6,7);;/q;+1;-1. The SMILES string of the molecule is CC(C)(S)CS(=O)(=O)O.[H-].[Na+]. The summed E-state index contributed by atoms with van der Waals surface area (Å²) in [6, 6.07) is 0. The summed E-state index contributed by atoms with van der Waals surface area (Å²) in [5.41, 5.74) is 0. The predicted molar refractivity (Wildman–Crippen MR) is 40.6 cm³/mol. The van der Waals surface area contributed by atoms with Crippen LogP contribution in [-0.2, 0) is 10.1 Å². The van der Waals surface area contributed by atoms with Gasteiger partial charge in [-0.1, -0.05) is 0 Å². The van der Waals surface area contributed by atoms with Crippen LogP contribution < -0.4 is 29.6 Å². The Kier molecular flexibility index (Phi) is 5.98. The van der Waals surface area contributed by atoms with Crippen molar-refractivity contribution in [2.24, 2.45) is 0 Å². The van der Waals surface area contributed by atoms with E-state index in [1.54, 1.807) is 13.8 Å². The zero-order chi connectivity index (χ0) is 7.71. The van der Waals surface area contributed by atoms with Gasteiger partial charge in [-0.05, 0) is 13.8 Å². The van der Waals surface area contributed by atoms with Gasteiger partial charge in [0, 0.05) is 4.75 Å². The van der Waals surface area contributed by atoms with Crippen molar-refractivity contribution in [2.75, 3.05) is 5.75 Å². The van der Waals surface area contributed by atoms with Gasteiger partial charge in [0.15, 0.2) is 0 Å². The van der Waals surface area contributed by atoms with Crippen molar-refractivity contribution in [1.29, 1.82) is 0 Å². The molecule has 3 nitrogen and oxygen atoms in total. The molecule has 0 rings (SSSR count). The molecular weight excluding hydrogens is 183 g/mol. The summed E-state index contributed by atoms with van der Waals surface area (Å²) in [6.45, 7) is 3.23. The van der Waals surface area contributed by atoms with Crippen molar-refractivity contribution in [1.82, 2.24) is 0 Å². The summed E-state index contributed by atoms with van der Waals surface area (Å²) < 4.78 is 27.9. The molecule has 0 saturated carbocycles. The van der Waals surface area contributed by atoms with Gasteiger partial charge in [-0.25, -0.2) is 0 Å². The molecule has 0 radical (unpaired) electrons. The first kappa shape index (κ1) is 13.8. The van der Waals surface area contributed by atoms with Gasteiger partial charge in [-0.15, -0.1) is 0 Å². The smallest absolute Gasteiger partial charge is 1.00 e. The zero-order valence-corrected chi connectivity index (χ0v) is 10.0. The molecule has 1 N–H and O–H groups in total. The van der Waals surface area contributed by atoms with Crippen LogP contribution in [0.3, 0.4) is 0 Å². The minimum absolute atomic E-state index is 0. The molecule has 0 aromatic rings. The molecule has 0 atom stereocenters. The first-order valence-electron chi connectivity index (χ1n) is 2.38. The Balaban J connectivity index is -0.000000320. The molecule has 6 heteroatoms. The zero-order valence-electron chi connectivity index (χ0n) is 7.33. The maximum absolute atomic E-state index is 10.2. The van der Waals surface area contributed by atoms with Crippen LogP contribution >= 0.6 is 12.6 Å². The predicted octanol–water partition coefficient (Wildman–Crippen LogP) is -2.30.